The number of carbonyl (C=O) groups is 1. The minimum absolute atomic E-state index is 0.228. The van der Waals surface area contributed by atoms with Crippen LogP contribution in [0.25, 0.3) is 0 Å². The highest BCUT2D eigenvalue weighted by molar-refractivity contribution is 5.86. The number of nitrogens with zero attached hydrogens (tertiary/aromatic N) is 3. The number of anilines is 1. The van der Waals surface area contributed by atoms with Gasteiger partial charge in [-0.1, -0.05) is 0 Å². The summed E-state index contributed by atoms with van der Waals surface area (Å²) in [5.74, 6) is 0.297. The highest BCUT2D eigenvalue weighted by Crippen LogP contribution is 2.13. The van der Waals surface area contributed by atoms with Crippen molar-refractivity contribution >= 4 is 11.8 Å². The fraction of sp³-hybridized carbons (Fsp3) is 0.500. The molecule has 16 heavy (non-hydrogen) atoms. The lowest BCUT2D eigenvalue weighted by Crippen LogP contribution is -2.56. The van der Waals surface area contributed by atoms with Crippen LogP contribution in [-0.2, 0) is 4.74 Å². The van der Waals surface area contributed by atoms with Gasteiger partial charge in [0, 0.05) is 20.1 Å². The van der Waals surface area contributed by atoms with E-state index in [2.05, 4.69) is 20.3 Å². The molecule has 0 bridgehead atoms. The number of carbonyl (C=O) groups excluding carboxylic acids is 1. The summed E-state index contributed by atoms with van der Waals surface area (Å²) in [7, 11) is 3.29. The molecule has 1 aromatic rings. The van der Waals surface area contributed by atoms with Crippen LogP contribution in [0.15, 0.2) is 12.1 Å². The van der Waals surface area contributed by atoms with E-state index < -0.39 is 5.97 Å². The molecule has 0 radical (unpaired) electrons. The monoisotopic (exact) mass is 222 g/mol. The summed E-state index contributed by atoms with van der Waals surface area (Å²) >= 11 is 0. The highest BCUT2D eigenvalue weighted by Gasteiger charge is 2.22. The molecule has 0 unspecified atom stereocenters. The molecule has 1 aromatic heterocycles. The molecular weight excluding hydrogens is 208 g/mol. The lowest BCUT2D eigenvalue weighted by atomic mass is 10.1. The molecule has 1 N–H and O–H groups in total. The largest absolute Gasteiger partial charge is 0.464 e. The van der Waals surface area contributed by atoms with Crippen molar-refractivity contribution in [1.29, 1.82) is 0 Å². The van der Waals surface area contributed by atoms with Crippen molar-refractivity contribution in [3.63, 3.8) is 0 Å². The van der Waals surface area contributed by atoms with Crippen LogP contribution in [0.3, 0.4) is 0 Å². The van der Waals surface area contributed by atoms with Gasteiger partial charge in [-0.05, 0) is 12.1 Å². The number of hydrogen-bond donors (Lipinski definition) is 1. The first-order valence-corrected chi connectivity index (χ1v) is 5.08. The van der Waals surface area contributed by atoms with Gasteiger partial charge in [0.15, 0.2) is 11.5 Å². The van der Waals surface area contributed by atoms with E-state index in [9.17, 15) is 4.79 Å². The molecule has 0 spiro atoms. The van der Waals surface area contributed by atoms with Gasteiger partial charge in [-0.15, -0.1) is 10.2 Å². The number of ether oxygens (including phenoxy) is 1. The third-order valence-electron chi connectivity index (χ3n) is 2.71. The molecule has 1 aliphatic heterocycles. The third-order valence-corrected chi connectivity index (χ3v) is 2.71. The molecule has 2 rings (SSSR count). The molecule has 0 amide bonds. The van der Waals surface area contributed by atoms with Crippen molar-refractivity contribution in [2.24, 2.45) is 0 Å². The molecule has 0 aromatic carbocycles. The van der Waals surface area contributed by atoms with Crippen LogP contribution in [0, 0.1) is 0 Å². The Morgan fingerprint density at radius 1 is 1.50 bits per heavy atom. The number of likely N-dealkylation sites (N-methyl/N-ethyl adjacent to an activating group) is 1. The van der Waals surface area contributed by atoms with Crippen molar-refractivity contribution in [2.45, 2.75) is 6.04 Å². The van der Waals surface area contributed by atoms with Crippen LogP contribution in [0.5, 0.6) is 0 Å². The lowest BCUT2D eigenvalue weighted by molar-refractivity contribution is 0.0592. The molecule has 1 aliphatic rings. The van der Waals surface area contributed by atoms with Gasteiger partial charge in [0.1, 0.15) is 0 Å². The van der Waals surface area contributed by atoms with Crippen LogP contribution in [0.2, 0.25) is 0 Å². The third kappa shape index (κ3) is 1.96. The zero-order valence-electron chi connectivity index (χ0n) is 9.30. The Bertz CT molecular complexity index is 375. The molecule has 1 saturated heterocycles. The summed E-state index contributed by atoms with van der Waals surface area (Å²) < 4.78 is 4.55. The standard InChI is InChI=1S/C10H14N4O2/c1-14(7-5-11-6-7)9-4-3-8(12-13-9)10(15)16-2/h3-4,7,11H,5-6H2,1-2H3. The first-order valence-electron chi connectivity index (χ1n) is 5.08. The molecule has 2 heterocycles. The van der Waals surface area contributed by atoms with Gasteiger partial charge < -0.3 is 15.0 Å². The molecular formula is C10H14N4O2. The predicted octanol–water partition coefficient (Wildman–Crippen LogP) is -0.329. The lowest BCUT2D eigenvalue weighted by Gasteiger charge is -2.36. The Kier molecular flexibility index (Phi) is 3.00. The normalized spacial score (nSPS) is 15.4. The SMILES string of the molecule is COC(=O)c1ccc(N(C)C2CNC2)nn1. The van der Waals surface area contributed by atoms with Gasteiger partial charge >= 0.3 is 5.97 Å². The number of methoxy groups -OCH3 is 1. The Hall–Kier alpha value is -1.69. The summed E-state index contributed by atoms with van der Waals surface area (Å²) in [6.07, 6.45) is 0. The van der Waals surface area contributed by atoms with Gasteiger partial charge in [0.25, 0.3) is 0 Å². The maximum Gasteiger partial charge on any atom is 0.358 e. The fourth-order valence-corrected chi connectivity index (χ4v) is 1.46. The Labute approximate surface area is 93.6 Å². The first-order chi connectivity index (χ1) is 7.72. The maximum absolute atomic E-state index is 11.1. The van der Waals surface area contributed by atoms with E-state index >= 15 is 0 Å². The number of esters is 1. The molecule has 1 fully saturated rings. The van der Waals surface area contributed by atoms with E-state index in [1.165, 1.54) is 7.11 Å². The molecule has 0 saturated carbocycles. The second-order valence-corrected chi connectivity index (χ2v) is 3.69. The Morgan fingerprint density at radius 3 is 2.69 bits per heavy atom. The second-order valence-electron chi connectivity index (χ2n) is 3.69. The molecule has 0 aliphatic carbocycles. The predicted molar refractivity (Wildman–Crippen MR) is 58.4 cm³/mol. The van der Waals surface area contributed by atoms with E-state index in [0.717, 1.165) is 18.9 Å². The highest BCUT2D eigenvalue weighted by atomic mass is 16.5. The quantitative estimate of drug-likeness (QED) is 0.706. The van der Waals surface area contributed by atoms with E-state index in [-0.39, 0.29) is 5.69 Å². The number of hydrogen-bond acceptors (Lipinski definition) is 6. The van der Waals surface area contributed by atoms with Crippen molar-refractivity contribution in [1.82, 2.24) is 15.5 Å². The second kappa shape index (κ2) is 4.44. The topological polar surface area (TPSA) is 67.3 Å². The first kappa shape index (κ1) is 10.8. The fourth-order valence-electron chi connectivity index (χ4n) is 1.46. The van der Waals surface area contributed by atoms with Crippen LogP contribution in [-0.4, -0.2) is 49.5 Å². The van der Waals surface area contributed by atoms with Crippen molar-refractivity contribution in [3.05, 3.63) is 17.8 Å². The van der Waals surface area contributed by atoms with Crippen molar-refractivity contribution < 1.29 is 9.53 Å². The minimum Gasteiger partial charge on any atom is -0.464 e. The molecule has 6 heteroatoms. The van der Waals surface area contributed by atoms with Crippen LogP contribution in [0.1, 0.15) is 10.5 Å². The summed E-state index contributed by atoms with van der Waals surface area (Å²) in [6.45, 7) is 1.91. The molecule has 86 valence electrons. The summed E-state index contributed by atoms with van der Waals surface area (Å²) in [5, 5.41) is 11.0. The summed E-state index contributed by atoms with van der Waals surface area (Å²) in [6, 6.07) is 3.85. The average Bonchev–Trinajstić information content (AvgIpc) is 2.26. The number of nitrogens with one attached hydrogen (secondary N) is 1. The zero-order valence-corrected chi connectivity index (χ0v) is 9.30. The zero-order chi connectivity index (χ0) is 11.5. The van der Waals surface area contributed by atoms with Gasteiger partial charge in [0.05, 0.1) is 13.2 Å². The van der Waals surface area contributed by atoms with Crippen molar-refractivity contribution in [2.75, 3.05) is 32.1 Å². The van der Waals surface area contributed by atoms with Crippen LogP contribution in [0.4, 0.5) is 5.82 Å². The van der Waals surface area contributed by atoms with Gasteiger partial charge in [0.2, 0.25) is 0 Å². The number of aromatic nitrogens is 2. The minimum atomic E-state index is -0.466. The maximum atomic E-state index is 11.1. The average molecular weight is 222 g/mol. The Morgan fingerprint density at radius 2 is 2.25 bits per heavy atom. The van der Waals surface area contributed by atoms with E-state index in [1.807, 2.05) is 11.9 Å². The Balaban J connectivity index is 2.09. The van der Waals surface area contributed by atoms with Gasteiger partial charge in [-0.3, -0.25) is 0 Å². The van der Waals surface area contributed by atoms with Gasteiger partial charge in [-0.2, -0.15) is 0 Å². The molecule has 6 nitrogen and oxygen atoms in total. The number of rotatable bonds is 3. The van der Waals surface area contributed by atoms with Crippen LogP contribution < -0.4 is 10.2 Å². The van der Waals surface area contributed by atoms with E-state index in [1.54, 1.807) is 12.1 Å². The summed E-state index contributed by atoms with van der Waals surface area (Å²) in [5.41, 5.74) is 0.228. The van der Waals surface area contributed by atoms with Gasteiger partial charge in [-0.25, -0.2) is 4.79 Å². The van der Waals surface area contributed by atoms with Crippen molar-refractivity contribution in [3.8, 4) is 0 Å². The van der Waals surface area contributed by atoms with Crippen LogP contribution >= 0.6 is 0 Å². The van der Waals surface area contributed by atoms with E-state index in [0.29, 0.717) is 6.04 Å². The summed E-state index contributed by atoms with van der Waals surface area (Å²) in [4.78, 5) is 13.2. The van der Waals surface area contributed by atoms with E-state index in [4.69, 9.17) is 0 Å². The molecule has 0 atom stereocenters. The smallest absolute Gasteiger partial charge is 0.358 e.